The first-order chi connectivity index (χ1) is 10.8. The second-order valence-electron chi connectivity index (χ2n) is 5.04. The van der Waals surface area contributed by atoms with E-state index in [9.17, 15) is 19.7 Å². The minimum atomic E-state index is -0.668. The molecule has 0 fully saturated rings. The smallest absolute Gasteiger partial charge is 0.282 e. The van der Waals surface area contributed by atoms with Crippen LogP contribution in [0.1, 0.15) is 27.2 Å². The van der Waals surface area contributed by atoms with E-state index in [0.717, 1.165) is 5.56 Å². The van der Waals surface area contributed by atoms with E-state index in [1.807, 2.05) is 0 Å². The molecule has 8 heteroatoms. The van der Waals surface area contributed by atoms with Gasteiger partial charge in [-0.25, -0.2) is 0 Å². The predicted octanol–water partition coefficient (Wildman–Crippen LogP) is 2.48. The van der Waals surface area contributed by atoms with Crippen molar-refractivity contribution in [3.05, 3.63) is 72.1 Å². The Hall–Kier alpha value is -2.67. The van der Waals surface area contributed by atoms with Gasteiger partial charge in [-0.05, 0) is 37.6 Å². The zero-order valence-corrected chi connectivity index (χ0v) is 13.2. The van der Waals surface area contributed by atoms with E-state index in [1.54, 1.807) is 19.9 Å². The molecule has 2 rings (SSSR count). The maximum absolute atomic E-state index is 12.2. The van der Waals surface area contributed by atoms with Gasteiger partial charge in [0.2, 0.25) is 0 Å². The second-order valence-corrected chi connectivity index (χ2v) is 5.48. The Bertz CT molecular complexity index is 845. The largest absolute Gasteiger partial charge is 0.348 e. The van der Waals surface area contributed by atoms with Crippen LogP contribution in [0.2, 0.25) is 5.02 Å². The summed E-state index contributed by atoms with van der Waals surface area (Å²) in [5, 5.41) is 13.7. The number of aryl methyl sites for hydroxylation is 2. The number of pyridine rings is 1. The highest BCUT2D eigenvalue weighted by molar-refractivity contribution is 6.31. The molecule has 0 bridgehead atoms. The molecular formula is C15H14ClN3O4. The van der Waals surface area contributed by atoms with Gasteiger partial charge in [-0.1, -0.05) is 11.6 Å². The van der Waals surface area contributed by atoms with Gasteiger partial charge in [-0.2, -0.15) is 0 Å². The average Bonchev–Trinajstić information content (AvgIpc) is 2.45. The van der Waals surface area contributed by atoms with Gasteiger partial charge in [0.15, 0.2) is 0 Å². The fraction of sp³-hybridized carbons (Fsp3) is 0.200. The lowest BCUT2D eigenvalue weighted by atomic mass is 10.1. The van der Waals surface area contributed by atoms with Gasteiger partial charge in [-0.3, -0.25) is 19.7 Å². The minimum absolute atomic E-state index is 0.0378. The number of aromatic nitrogens is 1. The molecule has 0 unspecified atom stereocenters. The number of aromatic amines is 1. The molecule has 0 spiro atoms. The van der Waals surface area contributed by atoms with Crippen LogP contribution in [0.5, 0.6) is 0 Å². The number of halogens is 1. The van der Waals surface area contributed by atoms with Crippen LogP contribution in [0.3, 0.4) is 0 Å². The summed E-state index contributed by atoms with van der Waals surface area (Å²) in [5.74, 6) is -0.668. The van der Waals surface area contributed by atoms with Crippen molar-refractivity contribution in [2.24, 2.45) is 0 Å². The highest BCUT2D eigenvalue weighted by Crippen LogP contribution is 2.22. The van der Waals surface area contributed by atoms with E-state index in [-0.39, 0.29) is 28.4 Å². The third kappa shape index (κ3) is 3.75. The molecule has 0 saturated heterocycles. The van der Waals surface area contributed by atoms with Crippen LogP contribution in [-0.4, -0.2) is 15.8 Å². The Labute approximate surface area is 136 Å². The summed E-state index contributed by atoms with van der Waals surface area (Å²) < 4.78 is 0. The molecule has 1 aromatic carbocycles. The van der Waals surface area contributed by atoms with Crippen molar-refractivity contribution in [1.82, 2.24) is 10.3 Å². The number of rotatable bonds is 4. The quantitative estimate of drug-likeness (QED) is 0.661. The van der Waals surface area contributed by atoms with Crippen LogP contribution >= 0.6 is 11.6 Å². The Kier molecular flexibility index (Phi) is 4.80. The maximum atomic E-state index is 12.2. The highest BCUT2D eigenvalue weighted by Gasteiger charge is 2.20. The molecule has 0 atom stereocenters. The number of nitrogens with one attached hydrogen (secondary N) is 2. The summed E-state index contributed by atoms with van der Waals surface area (Å²) in [6, 6.07) is 5.51. The molecule has 0 aliphatic rings. The van der Waals surface area contributed by atoms with E-state index in [4.69, 9.17) is 11.6 Å². The molecule has 0 aliphatic carbocycles. The van der Waals surface area contributed by atoms with E-state index in [1.165, 1.54) is 18.2 Å². The van der Waals surface area contributed by atoms with Gasteiger partial charge >= 0.3 is 0 Å². The fourth-order valence-electron chi connectivity index (χ4n) is 2.21. The van der Waals surface area contributed by atoms with Crippen molar-refractivity contribution < 1.29 is 9.72 Å². The molecule has 120 valence electrons. The Morgan fingerprint density at radius 3 is 2.65 bits per heavy atom. The van der Waals surface area contributed by atoms with Gasteiger partial charge in [0.25, 0.3) is 17.2 Å². The van der Waals surface area contributed by atoms with Gasteiger partial charge < -0.3 is 10.3 Å². The molecule has 0 aliphatic heterocycles. The normalized spacial score (nSPS) is 10.4. The number of carbonyl (C=O) groups is 1. The monoisotopic (exact) mass is 335 g/mol. The average molecular weight is 336 g/mol. The molecule has 2 N–H and O–H groups in total. The van der Waals surface area contributed by atoms with Crippen molar-refractivity contribution in [3.8, 4) is 0 Å². The molecule has 0 radical (unpaired) electrons. The SMILES string of the molecule is Cc1cc(C)c(CNC(=O)c2cc(Cl)ccc2[N+](=O)[O-])c(=O)[nH]1. The van der Waals surface area contributed by atoms with E-state index < -0.39 is 10.8 Å². The number of H-pyrrole nitrogens is 1. The number of nitro groups is 1. The summed E-state index contributed by atoms with van der Waals surface area (Å²) in [6.07, 6.45) is 0. The van der Waals surface area contributed by atoms with Crippen molar-refractivity contribution in [1.29, 1.82) is 0 Å². The lowest BCUT2D eigenvalue weighted by Crippen LogP contribution is -2.28. The Balaban J connectivity index is 2.26. The summed E-state index contributed by atoms with van der Waals surface area (Å²) in [6.45, 7) is 3.47. The zero-order chi connectivity index (χ0) is 17.1. The maximum Gasteiger partial charge on any atom is 0.282 e. The predicted molar refractivity (Wildman–Crippen MR) is 85.8 cm³/mol. The van der Waals surface area contributed by atoms with Crippen LogP contribution in [0.4, 0.5) is 5.69 Å². The number of amides is 1. The lowest BCUT2D eigenvalue weighted by Gasteiger charge is -2.08. The van der Waals surface area contributed by atoms with E-state index in [2.05, 4.69) is 10.3 Å². The number of carbonyl (C=O) groups excluding carboxylic acids is 1. The van der Waals surface area contributed by atoms with Crippen molar-refractivity contribution in [3.63, 3.8) is 0 Å². The lowest BCUT2D eigenvalue weighted by molar-refractivity contribution is -0.385. The van der Waals surface area contributed by atoms with Gasteiger partial charge in [0, 0.05) is 28.9 Å². The topological polar surface area (TPSA) is 105 Å². The number of hydrogen-bond donors (Lipinski definition) is 2. The highest BCUT2D eigenvalue weighted by atomic mass is 35.5. The Morgan fingerprint density at radius 2 is 2.04 bits per heavy atom. The van der Waals surface area contributed by atoms with Crippen molar-refractivity contribution in [2.45, 2.75) is 20.4 Å². The van der Waals surface area contributed by atoms with Crippen LogP contribution in [-0.2, 0) is 6.54 Å². The first kappa shape index (κ1) is 16.7. The molecular weight excluding hydrogens is 322 g/mol. The van der Waals surface area contributed by atoms with Crippen LogP contribution < -0.4 is 10.9 Å². The van der Waals surface area contributed by atoms with Crippen molar-refractivity contribution >= 4 is 23.2 Å². The van der Waals surface area contributed by atoms with Crippen LogP contribution in [0, 0.1) is 24.0 Å². The third-order valence-corrected chi connectivity index (χ3v) is 3.55. The number of hydrogen-bond acceptors (Lipinski definition) is 4. The Morgan fingerprint density at radius 1 is 1.35 bits per heavy atom. The molecule has 0 saturated carbocycles. The number of benzene rings is 1. The van der Waals surface area contributed by atoms with Gasteiger partial charge in [-0.15, -0.1) is 0 Å². The molecule has 2 aromatic rings. The summed E-state index contributed by atoms with van der Waals surface area (Å²) in [5.41, 5.74) is 1.04. The first-order valence-corrected chi connectivity index (χ1v) is 7.09. The summed E-state index contributed by atoms with van der Waals surface area (Å²) in [4.78, 5) is 37.1. The van der Waals surface area contributed by atoms with Gasteiger partial charge in [0.05, 0.1) is 4.92 Å². The zero-order valence-electron chi connectivity index (χ0n) is 12.5. The molecule has 1 aromatic heterocycles. The summed E-state index contributed by atoms with van der Waals surface area (Å²) >= 11 is 5.79. The van der Waals surface area contributed by atoms with Gasteiger partial charge in [0.1, 0.15) is 5.56 Å². The number of nitro benzene ring substituents is 1. The molecule has 1 heterocycles. The second kappa shape index (κ2) is 6.62. The minimum Gasteiger partial charge on any atom is -0.348 e. The first-order valence-electron chi connectivity index (χ1n) is 6.71. The van der Waals surface area contributed by atoms with Crippen LogP contribution in [0.15, 0.2) is 29.1 Å². The van der Waals surface area contributed by atoms with E-state index >= 15 is 0 Å². The fourth-order valence-corrected chi connectivity index (χ4v) is 2.39. The van der Waals surface area contributed by atoms with Crippen molar-refractivity contribution in [2.75, 3.05) is 0 Å². The summed E-state index contributed by atoms with van der Waals surface area (Å²) in [7, 11) is 0. The van der Waals surface area contributed by atoms with E-state index in [0.29, 0.717) is 11.3 Å². The third-order valence-electron chi connectivity index (χ3n) is 3.32. The van der Waals surface area contributed by atoms with Crippen LogP contribution in [0.25, 0.3) is 0 Å². The molecule has 7 nitrogen and oxygen atoms in total. The number of nitrogens with zero attached hydrogens (tertiary/aromatic N) is 1. The molecule has 23 heavy (non-hydrogen) atoms. The molecule has 1 amide bonds. The standard InChI is InChI=1S/C15H14ClN3O4/c1-8-5-9(2)18-15(21)12(8)7-17-14(20)11-6-10(16)3-4-13(11)19(22)23/h3-6H,7H2,1-2H3,(H,17,20)(H,18,21).